The lowest BCUT2D eigenvalue weighted by Gasteiger charge is -2.34. The van der Waals surface area contributed by atoms with Crippen molar-refractivity contribution in [3.63, 3.8) is 0 Å². The second-order valence-electron chi connectivity index (χ2n) is 5.18. The molecule has 1 aromatic rings. The molecule has 0 unspecified atom stereocenters. The van der Waals surface area contributed by atoms with Crippen molar-refractivity contribution in [2.24, 2.45) is 0 Å². The van der Waals surface area contributed by atoms with Gasteiger partial charge in [0.2, 0.25) is 5.91 Å². The molecule has 5 nitrogen and oxygen atoms in total. The van der Waals surface area contributed by atoms with Crippen LogP contribution in [0.25, 0.3) is 0 Å². The van der Waals surface area contributed by atoms with Crippen LogP contribution < -0.4 is 4.74 Å². The third-order valence-electron chi connectivity index (χ3n) is 3.75. The van der Waals surface area contributed by atoms with Gasteiger partial charge in [-0.1, -0.05) is 19.1 Å². The van der Waals surface area contributed by atoms with Crippen LogP contribution in [0.5, 0.6) is 5.75 Å². The van der Waals surface area contributed by atoms with Crippen molar-refractivity contribution >= 4 is 11.8 Å². The Morgan fingerprint density at radius 3 is 2.43 bits per heavy atom. The van der Waals surface area contributed by atoms with Gasteiger partial charge >= 0.3 is 0 Å². The number of aryl methyl sites for hydroxylation is 1. The number of hydrogen-bond acceptors (Lipinski definition) is 3. The average Bonchev–Trinajstić information content (AvgIpc) is 2.53. The minimum atomic E-state index is -0.0277. The molecular formula is C16H22N2O3. The third kappa shape index (κ3) is 4.21. The second-order valence-corrected chi connectivity index (χ2v) is 5.18. The number of nitrogens with zero attached hydrogens (tertiary/aromatic N) is 2. The van der Waals surface area contributed by atoms with Crippen molar-refractivity contribution in [1.82, 2.24) is 9.80 Å². The van der Waals surface area contributed by atoms with Gasteiger partial charge in [0.1, 0.15) is 5.75 Å². The Kier molecular flexibility index (Phi) is 5.20. The molecule has 0 aliphatic carbocycles. The van der Waals surface area contributed by atoms with E-state index < -0.39 is 0 Å². The molecule has 5 heteroatoms. The summed E-state index contributed by atoms with van der Waals surface area (Å²) in [6.07, 6.45) is 0.943. The molecule has 2 amide bonds. The lowest BCUT2D eigenvalue weighted by molar-refractivity contribution is -0.139. The molecule has 0 bridgehead atoms. The highest BCUT2D eigenvalue weighted by Gasteiger charge is 2.22. The Labute approximate surface area is 125 Å². The summed E-state index contributed by atoms with van der Waals surface area (Å²) in [6, 6.07) is 7.79. The van der Waals surface area contributed by atoms with Crippen molar-refractivity contribution in [3.8, 4) is 5.75 Å². The van der Waals surface area contributed by atoms with Gasteiger partial charge in [0.25, 0.3) is 5.91 Å². The second kappa shape index (κ2) is 7.11. The smallest absolute Gasteiger partial charge is 0.260 e. The van der Waals surface area contributed by atoms with Crippen LogP contribution in [0.15, 0.2) is 24.3 Å². The summed E-state index contributed by atoms with van der Waals surface area (Å²) >= 11 is 0. The van der Waals surface area contributed by atoms with Gasteiger partial charge in [-0.05, 0) is 24.1 Å². The van der Waals surface area contributed by atoms with Gasteiger partial charge in [-0.25, -0.2) is 0 Å². The Hall–Kier alpha value is -2.04. The highest BCUT2D eigenvalue weighted by Crippen LogP contribution is 2.14. The molecule has 0 saturated carbocycles. The Morgan fingerprint density at radius 1 is 1.14 bits per heavy atom. The van der Waals surface area contributed by atoms with Gasteiger partial charge in [-0.2, -0.15) is 0 Å². The Morgan fingerprint density at radius 2 is 1.81 bits per heavy atom. The first-order valence-electron chi connectivity index (χ1n) is 7.35. The first-order valence-corrected chi connectivity index (χ1v) is 7.35. The maximum Gasteiger partial charge on any atom is 0.260 e. The summed E-state index contributed by atoms with van der Waals surface area (Å²) in [7, 11) is 0. The monoisotopic (exact) mass is 290 g/mol. The average molecular weight is 290 g/mol. The molecule has 1 saturated heterocycles. The summed E-state index contributed by atoms with van der Waals surface area (Å²) in [6.45, 7) is 6.06. The molecule has 1 fully saturated rings. The van der Waals surface area contributed by atoms with Crippen LogP contribution in [-0.4, -0.2) is 54.4 Å². The van der Waals surface area contributed by atoms with E-state index in [1.165, 1.54) is 5.56 Å². The standard InChI is InChI=1S/C16H22N2O3/c1-3-14-5-4-6-15(11-14)21-12-16(20)18-9-7-17(8-10-18)13(2)19/h4-6,11H,3,7-10,12H2,1-2H3. The van der Waals surface area contributed by atoms with Crippen molar-refractivity contribution in [2.75, 3.05) is 32.8 Å². The predicted octanol–water partition coefficient (Wildman–Crippen LogP) is 1.32. The number of rotatable bonds is 4. The van der Waals surface area contributed by atoms with E-state index >= 15 is 0 Å². The normalized spacial score (nSPS) is 15.0. The molecule has 114 valence electrons. The highest BCUT2D eigenvalue weighted by molar-refractivity contribution is 5.78. The van der Waals surface area contributed by atoms with Gasteiger partial charge in [-0.3, -0.25) is 9.59 Å². The van der Waals surface area contributed by atoms with Gasteiger partial charge < -0.3 is 14.5 Å². The Bertz CT molecular complexity index is 508. The van der Waals surface area contributed by atoms with Crippen molar-refractivity contribution in [3.05, 3.63) is 29.8 Å². The largest absolute Gasteiger partial charge is 0.484 e. The van der Waals surface area contributed by atoms with E-state index in [0.717, 1.165) is 12.2 Å². The van der Waals surface area contributed by atoms with Gasteiger partial charge in [-0.15, -0.1) is 0 Å². The van der Waals surface area contributed by atoms with E-state index in [9.17, 15) is 9.59 Å². The molecule has 1 aliphatic rings. The fourth-order valence-electron chi connectivity index (χ4n) is 2.36. The highest BCUT2D eigenvalue weighted by atomic mass is 16.5. The van der Waals surface area contributed by atoms with E-state index in [0.29, 0.717) is 26.2 Å². The lowest BCUT2D eigenvalue weighted by Crippen LogP contribution is -2.51. The Balaban J connectivity index is 1.81. The molecule has 0 aromatic heterocycles. The summed E-state index contributed by atoms with van der Waals surface area (Å²) in [5.74, 6) is 0.764. The number of hydrogen-bond donors (Lipinski definition) is 0. The van der Waals surface area contributed by atoms with Crippen molar-refractivity contribution in [1.29, 1.82) is 0 Å². The molecule has 1 aliphatic heterocycles. The number of carbonyl (C=O) groups excluding carboxylic acids is 2. The van der Waals surface area contributed by atoms with Crippen LogP contribution in [0.1, 0.15) is 19.4 Å². The summed E-state index contributed by atoms with van der Waals surface area (Å²) in [5, 5.41) is 0. The minimum Gasteiger partial charge on any atom is -0.484 e. The van der Waals surface area contributed by atoms with Crippen molar-refractivity contribution < 1.29 is 14.3 Å². The molecule has 1 aromatic carbocycles. The maximum atomic E-state index is 12.1. The fourth-order valence-corrected chi connectivity index (χ4v) is 2.36. The molecular weight excluding hydrogens is 268 g/mol. The van der Waals surface area contributed by atoms with Crippen LogP contribution in [-0.2, 0) is 16.0 Å². The summed E-state index contributed by atoms with van der Waals surface area (Å²) < 4.78 is 5.57. The van der Waals surface area contributed by atoms with Crippen LogP contribution in [0.4, 0.5) is 0 Å². The van der Waals surface area contributed by atoms with Gasteiger partial charge in [0, 0.05) is 33.1 Å². The van der Waals surface area contributed by atoms with E-state index in [1.54, 1.807) is 16.7 Å². The number of amides is 2. The summed E-state index contributed by atoms with van der Waals surface area (Å²) in [5.41, 5.74) is 1.19. The summed E-state index contributed by atoms with van der Waals surface area (Å²) in [4.78, 5) is 26.9. The molecule has 1 heterocycles. The zero-order chi connectivity index (χ0) is 15.2. The third-order valence-corrected chi connectivity index (χ3v) is 3.75. The predicted molar refractivity (Wildman–Crippen MR) is 80.1 cm³/mol. The minimum absolute atomic E-state index is 0.0277. The molecule has 0 atom stereocenters. The molecule has 0 spiro atoms. The van der Waals surface area contributed by atoms with E-state index in [-0.39, 0.29) is 18.4 Å². The van der Waals surface area contributed by atoms with Gasteiger partial charge in [0.15, 0.2) is 6.61 Å². The topological polar surface area (TPSA) is 49.9 Å². The number of carbonyl (C=O) groups is 2. The number of benzene rings is 1. The zero-order valence-electron chi connectivity index (χ0n) is 12.7. The van der Waals surface area contributed by atoms with E-state index in [2.05, 4.69) is 6.92 Å². The maximum absolute atomic E-state index is 12.1. The van der Waals surface area contributed by atoms with Crippen LogP contribution >= 0.6 is 0 Å². The molecule has 0 radical (unpaired) electrons. The first kappa shape index (κ1) is 15.4. The van der Waals surface area contributed by atoms with Crippen LogP contribution in [0, 0.1) is 0 Å². The quantitative estimate of drug-likeness (QED) is 0.840. The number of piperazine rings is 1. The number of ether oxygens (including phenoxy) is 1. The fraction of sp³-hybridized carbons (Fsp3) is 0.500. The van der Waals surface area contributed by atoms with E-state index in [1.807, 2.05) is 24.3 Å². The van der Waals surface area contributed by atoms with E-state index in [4.69, 9.17) is 4.74 Å². The van der Waals surface area contributed by atoms with Gasteiger partial charge in [0.05, 0.1) is 0 Å². The van der Waals surface area contributed by atoms with Crippen LogP contribution in [0.2, 0.25) is 0 Å². The zero-order valence-corrected chi connectivity index (χ0v) is 12.7. The van der Waals surface area contributed by atoms with Crippen LogP contribution in [0.3, 0.4) is 0 Å². The molecule has 21 heavy (non-hydrogen) atoms. The first-order chi connectivity index (χ1) is 10.1. The molecule has 0 N–H and O–H groups in total. The molecule has 2 rings (SSSR count). The van der Waals surface area contributed by atoms with Crippen molar-refractivity contribution in [2.45, 2.75) is 20.3 Å². The lowest BCUT2D eigenvalue weighted by atomic mass is 10.2. The SMILES string of the molecule is CCc1cccc(OCC(=O)N2CCN(C(C)=O)CC2)c1.